The highest BCUT2D eigenvalue weighted by Gasteiger charge is 2.41. The van der Waals surface area contributed by atoms with Gasteiger partial charge in [0, 0.05) is 30.7 Å². The first-order chi connectivity index (χ1) is 12.4. The summed E-state index contributed by atoms with van der Waals surface area (Å²) >= 11 is 0. The minimum Gasteiger partial charge on any atom is -0.356 e. The van der Waals surface area contributed by atoms with Crippen LogP contribution in [0.3, 0.4) is 0 Å². The van der Waals surface area contributed by atoms with Crippen molar-refractivity contribution in [2.24, 2.45) is 10.9 Å². The zero-order chi connectivity index (χ0) is 18.8. The molecule has 6 heteroatoms. The lowest BCUT2D eigenvalue weighted by Crippen LogP contribution is -2.44. The van der Waals surface area contributed by atoms with Crippen molar-refractivity contribution in [3.63, 3.8) is 0 Å². The summed E-state index contributed by atoms with van der Waals surface area (Å²) in [7, 11) is -2.85. The molecule has 1 fully saturated rings. The Kier molecular flexibility index (Phi) is 5.61. The molecule has 3 rings (SSSR count). The van der Waals surface area contributed by atoms with Gasteiger partial charge >= 0.3 is 0 Å². The Morgan fingerprint density at radius 1 is 1.27 bits per heavy atom. The molecule has 2 aliphatic rings. The molecule has 0 aromatic heterocycles. The van der Waals surface area contributed by atoms with Gasteiger partial charge in [0.05, 0.1) is 11.5 Å². The van der Waals surface area contributed by atoms with Crippen LogP contribution < -0.4 is 10.2 Å². The van der Waals surface area contributed by atoms with Gasteiger partial charge in [-0.3, -0.25) is 4.99 Å². The van der Waals surface area contributed by atoms with Gasteiger partial charge in [0.15, 0.2) is 15.8 Å². The number of hydrogen-bond acceptors (Lipinski definition) is 3. The van der Waals surface area contributed by atoms with Crippen LogP contribution in [0.25, 0.3) is 0 Å². The van der Waals surface area contributed by atoms with Crippen molar-refractivity contribution in [2.45, 2.75) is 45.4 Å². The number of sulfone groups is 1. The minimum atomic E-state index is -2.85. The van der Waals surface area contributed by atoms with E-state index in [9.17, 15) is 8.42 Å². The van der Waals surface area contributed by atoms with E-state index in [1.807, 2.05) is 0 Å². The number of nitrogens with one attached hydrogen (secondary N) is 1. The number of anilines is 1. The summed E-state index contributed by atoms with van der Waals surface area (Å²) in [5.41, 5.74) is 2.79. The van der Waals surface area contributed by atoms with Gasteiger partial charge in [-0.05, 0) is 43.7 Å². The van der Waals surface area contributed by atoms with Crippen LogP contribution in [-0.2, 0) is 15.3 Å². The maximum Gasteiger partial charge on any atom is 0.198 e. The minimum absolute atomic E-state index is 0.147. The number of rotatable bonds is 5. The van der Waals surface area contributed by atoms with E-state index >= 15 is 0 Å². The summed E-state index contributed by atoms with van der Waals surface area (Å²) in [5.74, 6) is 1.62. The van der Waals surface area contributed by atoms with Crippen LogP contribution in [0.2, 0.25) is 0 Å². The highest BCUT2D eigenvalue weighted by Crippen LogP contribution is 2.44. The van der Waals surface area contributed by atoms with Crippen molar-refractivity contribution < 1.29 is 8.42 Å². The summed E-state index contributed by atoms with van der Waals surface area (Å²) in [5, 5.41) is 3.42. The first-order valence-electron chi connectivity index (χ1n) is 9.80. The van der Waals surface area contributed by atoms with E-state index in [1.165, 1.54) is 11.3 Å². The zero-order valence-electron chi connectivity index (χ0n) is 16.2. The van der Waals surface area contributed by atoms with Gasteiger partial charge in [-0.2, -0.15) is 0 Å². The molecule has 26 heavy (non-hydrogen) atoms. The summed E-state index contributed by atoms with van der Waals surface area (Å²) in [6.45, 7) is 8.89. The fourth-order valence-electron chi connectivity index (χ4n) is 4.30. The molecule has 0 spiro atoms. The van der Waals surface area contributed by atoms with Crippen molar-refractivity contribution >= 4 is 21.5 Å². The number of aliphatic imine (C=N–C) groups is 1. The van der Waals surface area contributed by atoms with Crippen molar-refractivity contribution in [1.29, 1.82) is 0 Å². The molecule has 2 aliphatic heterocycles. The first kappa shape index (κ1) is 19.2. The van der Waals surface area contributed by atoms with E-state index in [4.69, 9.17) is 4.99 Å². The van der Waals surface area contributed by atoms with Crippen molar-refractivity contribution in [2.75, 3.05) is 36.0 Å². The molecule has 0 saturated carbocycles. The van der Waals surface area contributed by atoms with E-state index < -0.39 is 9.84 Å². The van der Waals surface area contributed by atoms with Gasteiger partial charge in [0.25, 0.3) is 0 Å². The summed E-state index contributed by atoms with van der Waals surface area (Å²) in [4.78, 5) is 7.14. The second-order valence-electron chi connectivity index (χ2n) is 7.55. The molecule has 1 N–H and O–H groups in total. The quantitative estimate of drug-likeness (QED) is 0.633. The second-order valence-corrected chi connectivity index (χ2v) is 9.78. The van der Waals surface area contributed by atoms with Gasteiger partial charge in [-0.15, -0.1) is 0 Å². The van der Waals surface area contributed by atoms with Crippen LogP contribution in [0, 0.1) is 5.92 Å². The van der Waals surface area contributed by atoms with E-state index in [0.29, 0.717) is 12.3 Å². The molecule has 2 heterocycles. The van der Waals surface area contributed by atoms with E-state index in [2.05, 4.69) is 55.3 Å². The maximum atomic E-state index is 11.7. The number of guanidine groups is 1. The molecule has 5 nitrogen and oxygen atoms in total. The lowest BCUT2D eigenvalue weighted by Gasteiger charge is -2.29. The molecule has 144 valence electrons. The van der Waals surface area contributed by atoms with Gasteiger partial charge in [0.1, 0.15) is 0 Å². The van der Waals surface area contributed by atoms with E-state index in [0.717, 1.165) is 38.3 Å². The Morgan fingerprint density at radius 2 is 2.00 bits per heavy atom. The Morgan fingerprint density at radius 3 is 2.62 bits per heavy atom. The molecule has 1 atom stereocenters. The summed E-state index contributed by atoms with van der Waals surface area (Å²) < 4.78 is 23.4. The second kappa shape index (κ2) is 7.59. The van der Waals surface area contributed by atoms with Crippen LogP contribution in [-0.4, -0.2) is 45.5 Å². The fourth-order valence-corrected chi connectivity index (χ4v) is 6.15. The first-order valence-corrected chi connectivity index (χ1v) is 11.6. The molecule has 0 radical (unpaired) electrons. The van der Waals surface area contributed by atoms with Crippen LogP contribution in [0.5, 0.6) is 0 Å². The van der Waals surface area contributed by atoms with Gasteiger partial charge in [-0.25, -0.2) is 8.42 Å². The monoisotopic (exact) mass is 377 g/mol. The third-order valence-corrected chi connectivity index (χ3v) is 7.83. The van der Waals surface area contributed by atoms with E-state index in [1.54, 1.807) is 0 Å². The highest BCUT2D eigenvalue weighted by molar-refractivity contribution is 7.91. The molecule has 0 aliphatic carbocycles. The number of hydrogen-bond donors (Lipinski definition) is 1. The van der Waals surface area contributed by atoms with E-state index in [-0.39, 0.29) is 17.1 Å². The lowest BCUT2D eigenvalue weighted by atomic mass is 9.78. The molecule has 1 saturated heterocycles. The normalized spacial score (nSPS) is 23.9. The Balaban J connectivity index is 1.87. The van der Waals surface area contributed by atoms with Gasteiger partial charge in [-0.1, -0.05) is 32.0 Å². The molecule has 1 aromatic rings. The van der Waals surface area contributed by atoms with Crippen molar-refractivity contribution in [3.8, 4) is 0 Å². The zero-order valence-corrected chi connectivity index (χ0v) is 17.0. The third kappa shape index (κ3) is 3.61. The van der Waals surface area contributed by atoms with Crippen LogP contribution in [0.15, 0.2) is 29.3 Å². The van der Waals surface area contributed by atoms with Crippen LogP contribution >= 0.6 is 0 Å². The SMILES string of the molecule is CCNC(=NCC1CCS(=O)(=O)C1)N1CC(CC)(CC)c2ccccc21. The van der Waals surface area contributed by atoms with Gasteiger partial charge < -0.3 is 10.2 Å². The lowest BCUT2D eigenvalue weighted by molar-refractivity contribution is 0.428. The number of para-hydroxylation sites is 1. The Hall–Kier alpha value is -1.56. The number of benzene rings is 1. The average molecular weight is 378 g/mol. The summed E-state index contributed by atoms with van der Waals surface area (Å²) in [6, 6.07) is 8.63. The molecular formula is C20H31N3O2S. The standard InChI is InChI=1S/C20H31N3O2S/c1-4-20(5-2)15-23(18-10-8-7-9-17(18)20)19(21-6-3)22-13-16-11-12-26(24,25)14-16/h7-10,16H,4-6,11-15H2,1-3H3,(H,21,22). The fraction of sp³-hybridized carbons (Fsp3) is 0.650. The van der Waals surface area contributed by atoms with Gasteiger partial charge in [0.2, 0.25) is 0 Å². The third-order valence-electron chi connectivity index (χ3n) is 6.00. The molecule has 0 bridgehead atoms. The maximum absolute atomic E-state index is 11.7. The molecule has 0 amide bonds. The predicted octanol–water partition coefficient (Wildman–Crippen LogP) is 2.96. The largest absolute Gasteiger partial charge is 0.356 e. The van der Waals surface area contributed by atoms with Crippen molar-refractivity contribution in [3.05, 3.63) is 29.8 Å². The topological polar surface area (TPSA) is 61.8 Å². The highest BCUT2D eigenvalue weighted by atomic mass is 32.2. The van der Waals surface area contributed by atoms with Crippen LogP contribution in [0.1, 0.15) is 45.6 Å². The summed E-state index contributed by atoms with van der Waals surface area (Å²) in [6.07, 6.45) is 2.92. The Bertz CT molecular complexity index is 769. The van der Waals surface area contributed by atoms with Crippen LogP contribution in [0.4, 0.5) is 5.69 Å². The molecule has 1 aromatic carbocycles. The molecular weight excluding hydrogens is 346 g/mol. The number of nitrogens with zero attached hydrogens (tertiary/aromatic N) is 2. The predicted molar refractivity (Wildman–Crippen MR) is 109 cm³/mol. The van der Waals surface area contributed by atoms with Crippen molar-refractivity contribution in [1.82, 2.24) is 5.32 Å². The Labute approximate surface area is 157 Å². The number of fused-ring (bicyclic) bond motifs is 1. The smallest absolute Gasteiger partial charge is 0.198 e. The average Bonchev–Trinajstić information content (AvgIpc) is 3.16. The molecule has 1 unspecified atom stereocenters.